The molecule has 0 aliphatic carbocycles. The molecule has 0 spiro atoms. The molecule has 0 bridgehead atoms. The maximum absolute atomic E-state index is 12.1. The van der Waals surface area contributed by atoms with Crippen LogP contribution >= 0.6 is 15.9 Å². The van der Waals surface area contributed by atoms with Crippen molar-refractivity contribution < 1.29 is 4.79 Å². The lowest BCUT2D eigenvalue weighted by atomic mass is 9.86. The molecule has 116 valence electrons. The second-order valence-electron chi connectivity index (χ2n) is 6.19. The van der Waals surface area contributed by atoms with E-state index >= 15 is 0 Å². The second kappa shape index (κ2) is 6.97. The quantitative estimate of drug-likeness (QED) is 0.788. The summed E-state index contributed by atoms with van der Waals surface area (Å²) in [6.07, 6.45) is 0. The zero-order chi connectivity index (χ0) is 16.2. The summed E-state index contributed by atoms with van der Waals surface area (Å²) in [6, 6.07) is 15.5. The maximum Gasteiger partial charge on any atom is 0.319 e. The molecule has 3 nitrogen and oxygen atoms in total. The van der Waals surface area contributed by atoms with Crippen molar-refractivity contribution in [1.29, 1.82) is 0 Å². The first-order chi connectivity index (χ1) is 10.4. The van der Waals surface area contributed by atoms with Crippen LogP contribution in [0.3, 0.4) is 0 Å². The summed E-state index contributed by atoms with van der Waals surface area (Å²) < 4.78 is 0.991. The summed E-state index contributed by atoms with van der Waals surface area (Å²) in [5.41, 5.74) is 2.99. The van der Waals surface area contributed by atoms with Gasteiger partial charge in [-0.1, -0.05) is 73.1 Å². The molecule has 2 rings (SSSR count). The molecule has 2 N–H and O–H groups in total. The van der Waals surface area contributed by atoms with E-state index < -0.39 is 0 Å². The molecule has 0 heterocycles. The van der Waals surface area contributed by atoms with Crippen molar-refractivity contribution in [3.8, 4) is 0 Å². The molecule has 2 aromatic carbocycles. The summed E-state index contributed by atoms with van der Waals surface area (Å²) in [7, 11) is 0. The average Bonchev–Trinajstić information content (AvgIpc) is 2.46. The number of para-hydroxylation sites is 1. The minimum absolute atomic E-state index is 0.0215. The van der Waals surface area contributed by atoms with Gasteiger partial charge in [-0.3, -0.25) is 0 Å². The smallest absolute Gasteiger partial charge is 0.319 e. The van der Waals surface area contributed by atoms with E-state index in [4.69, 9.17) is 0 Å². The number of carbonyl (C=O) groups is 1. The van der Waals surface area contributed by atoms with Crippen LogP contribution in [0, 0.1) is 0 Å². The third-order valence-corrected chi connectivity index (χ3v) is 4.15. The van der Waals surface area contributed by atoms with E-state index in [0.717, 1.165) is 21.3 Å². The predicted molar refractivity (Wildman–Crippen MR) is 95.1 cm³/mol. The summed E-state index contributed by atoms with van der Waals surface area (Å²) in [5.74, 6) is 0. The van der Waals surface area contributed by atoms with Crippen LogP contribution in [-0.2, 0) is 12.0 Å². The van der Waals surface area contributed by atoms with Crippen molar-refractivity contribution in [2.45, 2.75) is 32.7 Å². The topological polar surface area (TPSA) is 41.1 Å². The van der Waals surface area contributed by atoms with Gasteiger partial charge >= 0.3 is 6.03 Å². The molecule has 0 saturated carbocycles. The molecular weight excluding hydrogens is 340 g/mol. The first kappa shape index (κ1) is 16.6. The third-order valence-electron chi connectivity index (χ3n) is 3.38. The van der Waals surface area contributed by atoms with Crippen molar-refractivity contribution >= 4 is 27.6 Å². The number of hydrogen-bond donors (Lipinski definition) is 2. The molecule has 0 aromatic heterocycles. The number of benzene rings is 2. The normalized spacial score (nSPS) is 11.1. The Bertz CT molecular complexity index is 662. The van der Waals surface area contributed by atoms with Gasteiger partial charge in [-0.25, -0.2) is 4.79 Å². The fraction of sp³-hybridized carbons (Fsp3) is 0.278. The highest BCUT2D eigenvalue weighted by Crippen LogP contribution is 2.29. The maximum atomic E-state index is 12.1. The summed E-state index contributed by atoms with van der Waals surface area (Å²) >= 11 is 3.48. The molecule has 2 amide bonds. The van der Waals surface area contributed by atoms with Crippen LogP contribution in [0.1, 0.15) is 31.9 Å². The van der Waals surface area contributed by atoms with E-state index in [2.05, 4.69) is 47.3 Å². The van der Waals surface area contributed by atoms with Gasteiger partial charge in [-0.05, 0) is 28.7 Å². The van der Waals surface area contributed by atoms with Gasteiger partial charge in [-0.2, -0.15) is 0 Å². The molecule has 0 aliphatic heterocycles. The minimum atomic E-state index is -0.201. The lowest BCUT2D eigenvalue weighted by Gasteiger charge is -2.23. The fourth-order valence-corrected chi connectivity index (χ4v) is 2.65. The van der Waals surface area contributed by atoms with E-state index in [0.29, 0.717) is 6.54 Å². The van der Waals surface area contributed by atoms with E-state index in [1.54, 1.807) is 0 Å². The molecule has 4 heteroatoms. The molecule has 0 aliphatic rings. The molecule has 0 unspecified atom stereocenters. The number of halogens is 1. The molecule has 2 aromatic rings. The van der Waals surface area contributed by atoms with Crippen LogP contribution in [0.15, 0.2) is 53.0 Å². The first-order valence-corrected chi connectivity index (χ1v) is 8.05. The molecule has 0 saturated heterocycles. The minimum Gasteiger partial charge on any atom is -0.334 e. The van der Waals surface area contributed by atoms with Crippen molar-refractivity contribution in [1.82, 2.24) is 5.32 Å². The van der Waals surface area contributed by atoms with Crippen molar-refractivity contribution in [2.75, 3.05) is 5.32 Å². The Morgan fingerprint density at radius 3 is 2.36 bits per heavy atom. The van der Waals surface area contributed by atoms with Crippen LogP contribution in [0.25, 0.3) is 0 Å². The number of hydrogen-bond acceptors (Lipinski definition) is 1. The Hall–Kier alpha value is -1.81. The van der Waals surface area contributed by atoms with Gasteiger partial charge in [-0.15, -0.1) is 0 Å². The highest BCUT2D eigenvalue weighted by atomic mass is 79.9. The van der Waals surface area contributed by atoms with Crippen LogP contribution in [0.4, 0.5) is 10.5 Å². The Morgan fingerprint density at radius 1 is 1.05 bits per heavy atom. The number of nitrogens with one attached hydrogen (secondary N) is 2. The van der Waals surface area contributed by atoms with Gasteiger partial charge in [0.15, 0.2) is 0 Å². The molecule has 0 atom stereocenters. The molecular formula is C18H21BrN2O. The Morgan fingerprint density at radius 2 is 1.68 bits per heavy atom. The van der Waals surface area contributed by atoms with Gasteiger partial charge in [0.2, 0.25) is 0 Å². The average molecular weight is 361 g/mol. The van der Waals surface area contributed by atoms with E-state index in [-0.39, 0.29) is 11.4 Å². The third kappa shape index (κ3) is 4.34. The van der Waals surface area contributed by atoms with Crippen LogP contribution < -0.4 is 10.6 Å². The van der Waals surface area contributed by atoms with Gasteiger partial charge < -0.3 is 10.6 Å². The van der Waals surface area contributed by atoms with Crippen molar-refractivity contribution in [2.24, 2.45) is 0 Å². The largest absolute Gasteiger partial charge is 0.334 e. The lowest BCUT2D eigenvalue weighted by Crippen LogP contribution is -2.29. The monoisotopic (exact) mass is 360 g/mol. The highest BCUT2D eigenvalue weighted by Gasteiger charge is 2.18. The fourth-order valence-electron chi connectivity index (χ4n) is 2.23. The van der Waals surface area contributed by atoms with E-state index in [1.165, 1.54) is 0 Å². The van der Waals surface area contributed by atoms with Crippen LogP contribution in [0.5, 0.6) is 0 Å². The van der Waals surface area contributed by atoms with Crippen LogP contribution in [0.2, 0.25) is 0 Å². The SMILES string of the molecule is CC(C)(C)c1ccccc1NC(=O)NCc1ccccc1Br. The lowest BCUT2D eigenvalue weighted by molar-refractivity contribution is 0.251. The summed E-state index contributed by atoms with van der Waals surface area (Å²) in [5, 5.41) is 5.83. The number of rotatable bonds is 3. The first-order valence-electron chi connectivity index (χ1n) is 7.25. The zero-order valence-electron chi connectivity index (χ0n) is 13.1. The van der Waals surface area contributed by atoms with Crippen molar-refractivity contribution in [3.05, 3.63) is 64.1 Å². The number of carbonyl (C=O) groups excluding carboxylic acids is 1. The van der Waals surface area contributed by atoms with Gasteiger partial charge in [0.05, 0.1) is 0 Å². The summed E-state index contributed by atoms with van der Waals surface area (Å²) in [4.78, 5) is 12.1. The standard InChI is InChI=1S/C18H21BrN2O/c1-18(2,3)14-9-5-7-11-16(14)21-17(22)20-12-13-8-4-6-10-15(13)19/h4-11H,12H2,1-3H3,(H2,20,21,22). The predicted octanol–water partition coefficient (Wildman–Crippen LogP) is 5.07. The van der Waals surface area contributed by atoms with Crippen molar-refractivity contribution in [3.63, 3.8) is 0 Å². The highest BCUT2D eigenvalue weighted by molar-refractivity contribution is 9.10. The molecule has 0 radical (unpaired) electrons. The number of amides is 2. The molecule has 0 fully saturated rings. The van der Waals surface area contributed by atoms with Gasteiger partial charge in [0.1, 0.15) is 0 Å². The van der Waals surface area contributed by atoms with E-state index in [1.807, 2.05) is 48.5 Å². The van der Waals surface area contributed by atoms with Gasteiger partial charge in [0.25, 0.3) is 0 Å². The number of urea groups is 1. The van der Waals surface area contributed by atoms with Crippen LogP contribution in [-0.4, -0.2) is 6.03 Å². The van der Waals surface area contributed by atoms with Gasteiger partial charge in [0, 0.05) is 16.7 Å². The second-order valence-corrected chi connectivity index (χ2v) is 7.05. The van der Waals surface area contributed by atoms with E-state index in [9.17, 15) is 4.79 Å². The Kier molecular flexibility index (Phi) is 5.24. The zero-order valence-corrected chi connectivity index (χ0v) is 14.7. The number of anilines is 1. The summed E-state index contributed by atoms with van der Waals surface area (Å²) in [6.45, 7) is 6.87. The molecule has 22 heavy (non-hydrogen) atoms. The Labute approximate surface area is 140 Å². The Balaban J connectivity index is 2.03.